The second-order valence-electron chi connectivity index (χ2n) is 7.22. The standard InChI is InChI=1S/C20H26N2O3S2/c1-15(2)16-6-8-17(9-7-16)21-27(24,25)20-11-10-18(26-20)14-19(23)22-12-4-3-5-13-22/h6-11,15,21H,3-5,12-14H2,1-2H3. The molecule has 7 heteroatoms. The summed E-state index contributed by atoms with van der Waals surface area (Å²) in [5.74, 6) is 0.477. The van der Waals surface area contributed by atoms with Crippen molar-refractivity contribution >= 4 is 33.0 Å². The minimum Gasteiger partial charge on any atom is -0.342 e. The smallest absolute Gasteiger partial charge is 0.271 e. The van der Waals surface area contributed by atoms with Crippen LogP contribution in [0, 0.1) is 0 Å². The van der Waals surface area contributed by atoms with Gasteiger partial charge in [0.25, 0.3) is 10.0 Å². The number of carbonyl (C=O) groups excluding carboxylic acids is 1. The highest BCUT2D eigenvalue weighted by Crippen LogP contribution is 2.26. The number of amides is 1. The fourth-order valence-electron chi connectivity index (χ4n) is 3.14. The van der Waals surface area contributed by atoms with Gasteiger partial charge in [-0.2, -0.15) is 0 Å². The SMILES string of the molecule is CC(C)c1ccc(NS(=O)(=O)c2ccc(CC(=O)N3CCCCC3)s2)cc1. The van der Waals surface area contributed by atoms with E-state index < -0.39 is 10.0 Å². The molecule has 1 saturated heterocycles. The van der Waals surface area contributed by atoms with Gasteiger partial charge in [0.05, 0.1) is 6.42 Å². The molecule has 1 fully saturated rings. The molecule has 2 heterocycles. The summed E-state index contributed by atoms with van der Waals surface area (Å²) in [6.07, 6.45) is 3.54. The zero-order valence-electron chi connectivity index (χ0n) is 15.8. The van der Waals surface area contributed by atoms with Gasteiger partial charge >= 0.3 is 0 Å². The highest BCUT2D eigenvalue weighted by atomic mass is 32.2. The van der Waals surface area contributed by atoms with Crippen molar-refractivity contribution in [2.45, 2.75) is 49.7 Å². The van der Waals surface area contributed by atoms with Gasteiger partial charge in [0.1, 0.15) is 4.21 Å². The molecule has 1 N–H and O–H groups in total. The van der Waals surface area contributed by atoms with Gasteiger partial charge in [0.15, 0.2) is 0 Å². The van der Waals surface area contributed by atoms with Crippen LogP contribution in [-0.4, -0.2) is 32.3 Å². The van der Waals surface area contributed by atoms with Gasteiger partial charge in [-0.3, -0.25) is 9.52 Å². The van der Waals surface area contributed by atoms with Crippen LogP contribution in [0.1, 0.15) is 49.5 Å². The Hall–Kier alpha value is -1.86. The van der Waals surface area contributed by atoms with Crippen molar-refractivity contribution in [3.05, 3.63) is 46.8 Å². The average molecular weight is 407 g/mol. The van der Waals surface area contributed by atoms with E-state index in [4.69, 9.17) is 0 Å². The number of anilines is 1. The van der Waals surface area contributed by atoms with Crippen LogP contribution in [0.4, 0.5) is 5.69 Å². The summed E-state index contributed by atoms with van der Waals surface area (Å²) in [5.41, 5.74) is 1.70. The number of nitrogens with zero attached hydrogens (tertiary/aromatic N) is 1. The molecule has 27 heavy (non-hydrogen) atoms. The van der Waals surface area contributed by atoms with Crippen LogP contribution in [0.5, 0.6) is 0 Å². The molecule has 1 aromatic carbocycles. The third-order valence-corrected chi connectivity index (χ3v) is 7.72. The Labute approximate surface area is 165 Å². The molecule has 0 unspecified atom stereocenters. The monoisotopic (exact) mass is 406 g/mol. The molecule has 0 spiro atoms. The fraction of sp³-hybridized carbons (Fsp3) is 0.450. The molecule has 3 rings (SSSR count). The lowest BCUT2D eigenvalue weighted by Gasteiger charge is -2.26. The summed E-state index contributed by atoms with van der Waals surface area (Å²) in [6, 6.07) is 10.7. The average Bonchev–Trinajstić information content (AvgIpc) is 3.12. The lowest BCUT2D eigenvalue weighted by molar-refractivity contribution is -0.131. The predicted octanol–water partition coefficient (Wildman–Crippen LogP) is 4.23. The molecule has 1 aliphatic rings. The molecule has 1 aliphatic heterocycles. The summed E-state index contributed by atoms with van der Waals surface area (Å²) < 4.78 is 28.1. The van der Waals surface area contributed by atoms with Gasteiger partial charge in [-0.25, -0.2) is 8.42 Å². The van der Waals surface area contributed by atoms with E-state index in [9.17, 15) is 13.2 Å². The minimum atomic E-state index is -3.64. The first-order chi connectivity index (χ1) is 12.8. The van der Waals surface area contributed by atoms with Gasteiger partial charge < -0.3 is 4.90 Å². The number of piperidine rings is 1. The first kappa shape index (κ1) is 19.9. The Morgan fingerprint density at radius 1 is 1.07 bits per heavy atom. The van der Waals surface area contributed by atoms with Crippen LogP contribution in [0.25, 0.3) is 0 Å². The summed E-state index contributed by atoms with van der Waals surface area (Å²) in [7, 11) is -3.64. The van der Waals surface area contributed by atoms with Gasteiger partial charge in [-0.1, -0.05) is 26.0 Å². The summed E-state index contributed by atoms with van der Waals surface area (Å²) in [4.78, 5) is 15.0. The number of hydrogen-bond donors (Lipinski definition) is 1. The minimum absolute atomic E-state index is 0.0812. The zero-order valence-corrected chi connectivity index (χ0v) is 17.4. The van der Waals surface area contributed by atoms with Crippen molar-refractivity contribution in [1.82, 2.24) is 4.90 Å². The molecule has 2 aromatic rings. The van der Waals surface area contributed by atoms with Crippen molar-refractivity contribution in [2.24, 2.45) is 0 Å². The predicted molar refractivity (Wildman–Crippen MR) is 110 cm³/mol. The van der Waals surface area contributed by atoms with E-state index in [1.54, 1.807) is 24.3 Å². The summed E-state index contributed by atoms with van der Waals surface area (Å²) >= 11 is 1.16. The zero-order chi connectivity index (χ0) is 19.4. The Kier molecular flexibility index (Phi) is 6.22. The molecular weight excluding hydrogens is 380 g/mol. The maximum absolute atomic E-state index is 12.6. The molecule has 0 atom stereocenters. The highest BCUT2D eigenvalue weighted by Gasteiger charge is 2.21. The van der Waals surface area contributed by atoms with Gasteiger partial charge in [0, 0.05) is 23.7 Å². The second-order valence-corrected chi connectivity index (χ2v) is 10.3. The Morgan fingerprint density at radius 3 is 2.37 bits per heavy atom. The number of nitrogens with one attached hydrogen (secondary N) is 1. The van der Waals surface area contributed by atoms with Crippen LogP contribution < -0.4 is 4.72 Å². The number of benzene rings is 1. The van der Waals surface area contributed by atoms with Gasteiger partial charge in [-0.15, -0.1) is 11.3 Å². The Balaban J connectivity index is 1.66. The van der Waals surface area contributed by atoms with Crippen LogP contribution in [0.2, 0.25) is 0 Å². The van der Waals surface area contributed by atoms with Crippen molar-refractivity contribution in [2.75, 3.05) is 17.8 Å². The molecule has 0 radical (unpaired) electrons. The van der Waals surface area contributed by atoms with E-state index in [-0.39, 0.29) is 16.5 Å². The number of rotatable bonds is 6. The third kappa shape index (κ3) is 5.11. The van der Waals surface area contributed by atoms with Crippen LogP contribution in [-0.2, 0) is 21.2 Å². The quantitative estimate of drug-likeness (QED) is 0.781. The maximum Gasteiger partial charge on any atom is 0.271 e. The topological polar surface area (TPSA) is 66.5 Å². The van der Waals surface area contributed by atoms with E-state index in [0.29, 0.717) is 11.6 Å². The number of sulfonamides is 1. The van der Waals surface area contributed by atoms with Crippen molar-refractivity contribution in [3.63, 3.8) is 0 Å². The van der Waals surface area contributed by atoms with Crippen LogP contribution in [0.15, 0.2) is 40.6 Å². The lowest BCUT2D eigenvalue weighted by Crippen LogP contribution is -2.36. The molecular formula is C20H26N2O3S2. The second kappa shape index (κ2) is 8.44. The number of likely N-dealkylation sites (tertiary alicyclic amines) is 1. The van der Waals surface area contributed by atoms with Gasteiger partial charge in [0.2, 0.25) is 5.91 Å². The Bertz CT molecular complexity index is 880. The van der Waals surface area contributed by atoms with E-state index in [1.165, 1.54) is 6.42 Å². The molecule has 5 nitrogen and oxygen atoms in total. The van der Waals surface area contributed by atoms with Crippen LogP contribution >= 0.6 is 11.3 Å². The largest absolute Gasteiger partial charge is 0.342 e. The number of thiophene rings is 1. The first-order valence-electron chi connectivity index (χ1n) is 9.34. The summed E-state index contributed by atoms with van der Waals surface area (Å²) in [6.45, 7) is 5.81. The lowest BCUT2D eigenvalue weighted by atomic mass is 10.0. The molecule has 1 aromatic heterocycles. The van der Waals surface area contributed by atoms with Crippen LogP contribution in [0.3, 0.4) is 0 Å². The highest BCUT2D eigenvalue weighted by molar-refractivity contribution is 7.94. The van der Waals surface area contributed by atoms with Crippen molar-refractivity contribution < 1.29 is 13.2 Å². The molecule has 1 amide bonds. The summed E-state index contributed by atoms with van der Waals surface area (Å²) in [5, 5.41) is 0. The van der Waals surface area contributed by atoms with E-state index >= 15 is 0 Å². The molecule has 0 aliphatic carbocycles. The van der Waals surface area contributed by atoms with Crippen molar-refractivity contribution in [3.8, 4) is 0 Å². The van der Waals surface area contributed by atoms with Crippen molar-refractivity contribution in [1.29, 1.82) is 0 Å². The van der Waals surface area contributed by atoms with Gasteiger partial charge in [-0.05, 0) is 55.0 Å². The Morgan fingerprint density at radius 2 is 1.74 bits per heavy atom. The molecule has 0 bridgehead atoms. The maximum atomic E-state index is 12.6. The molecule has 0 saturated carbocycles. The molecule has 146 valence electrons. The first-order valence-corrected chi connectivity index (χ1v) is 11.6. The number of carbonyl (C=O) groups is 1. The van der Waals surface area contributed by atoms with E-state index in [0.717, 1.165) is 47.7 Å². The van der Waals surface area contributed by atoms with E-state index in [1.807, 2.05) is 17.0 Å². The normalized spacial score (nSPS) is 15.1. The third-order valence-electron chi connectivity index (χ3n) is 4.77. The van der Waals surface area contributed by atoms with E-state index in [2.05, 4.69) is 18.6 Å². The fourth-order valence-corrected chi connectivity index (χ4v) is 5.55. The number of hydrogen-bond acceptors (Lipinski definition) is 4.